The molecular formula is C35H53N5O4SSi2. The minimum absolute atomic E-state index is 0.111. The third kappa shape index (κ3) is 9.31. The zero-order valence-electron chi connectivity index (χ0n) is 30.1. The van der Waals surface area contributed by atoms with Crippen LogP contribution < -0.4 is 9.46 Å². The lowest BCUT2D eigenvalue weighted by atomic mass is 10.1. The standard InChI is InChI=1S/C35H53N5O4SSi2/c1-12-45(41)37-23-27-15-13-17-30(38-27)26-21-31-29(32(22-26)42-19-20-43-46(8,9)34(2,3)4)24-36-40(31)33-18-14-16-28(39-33)25-44-47(10,11)35(5,6)7/h13-18,21-22,24,37H,12,19-20,23,25H2,1-11H3. The summed E-state index contributed by atoms with van der Waals surface area (Å²) >= 11 is -1.09. The molecule has 3 heterocycles. The molecule has 1 unspecified atom stereocenters. The molecule has 0 fully saturated rings. The van der Waals surface area contributed by atoms with Gasteiger partial charge in [-0.2, -0.15) is 5.10 Å². The van der Waals surface area contributed by atoms with E-state index in [0.29, 0.717) is 43.7 Å². The first-order valence-electron chi connectivity index (χ1n) is 16.4. The molecule has 4 aromatic rings. The lowest BCUT2D eigenvalue weighted by molar-refractivity contribution is 0.205. The molecule has 1 atom stereocenters. The number of nitrogens with one attached hydrogen (secondary N) is 1. The molecule has 12 heteroatoms. The lowest BCUT2D eigenvalue weighted by Crippen LogP contribution is -2.41. The molecule has 9 nitrogen and oxygen atoms in total. The maximum absolute atomic E-state index is 12.0. The number of hydrogen-bond donors (Lipinski definition) is 1. The van der Waals surface area contributed by atoms with Gasteiger partial charge >= 0.3 is 0 Å². The summed E-state index contributed by atoms with van der Waals surface area (Å²) in [6, 6.07) is 15.9. The molecule has 0 amide bonds. The Morgan fingerprint density at radius 1 is 0.851 bits per heavy atom. The lowest BCUT2D eigenvalue weighted by Gasteiger charge is -2.36. The molecule has 0 bridgehead atoms. The molecule has 47 heavy (non-hydrogen) atoms. The third-order valence-electron chi connectivity index (χ3n) is 9.44. The van der Waals surface area contributed by atoms with Gasteiger partial charge in [0.1, 0.15) is 18.1 Å². The second kappa shape index (κ2) is 14.9. The molecule has 1 N–H and O–H groups in total. The Morgan fingerprint density at radius 2 is 1.51 bits per heavy atom. The number of ether oxygens (including phenoxy) is 1. The molecule has 0 saturated heterocycles. The second-order valence-corrected chi connectivity index (χ2v) is 26.1. The SMILES string of the molecule is CC[S+]([O-])NCc1cccc(-c2cc(OCCO[Si](C)(C)C(C)(C)C)c3cnn(-c4cccc(CO[Si](C)(C)C(C)(C)C)n4)c3c2)n1. The Labute approximate surface area is 286 Å². The average molecular weight is 696 g/mol. The molecule has 0 aliphatic carbocycles. The van der Waals surface area contributed by atoms with E-state index in [0.717, 1.165) is 33.5 Å². The minimum Gasteiger partial charge on any atom is -0.598 e. The van der Waals surface area contributed by atoms with Crippen LogP contribution in [0.1, 0.15) is 59.9 Å². The Morgan fingerprint density at radius 3 is 2.19 bits per heavy atom. The van der Waals surface area contributed by atoms with Gasteiger partial charge in [0.05, 0.1) is 53.9 Å². The molecular weight excluding hydrogens is 643 g/mol. The van der Waals surface area contributed by atoms with Crippen molar-refractivity contribution < 1.29 is 18.1 Å². The number of nitrogens with zero attached hydrogens (tertiary/aromatic N) is 4. The molecule has 0 aliphatic rings. The van der Waals surface area contributed by atoms with Crippen molar-refractivity contribution in [3.8, 4) is 22.8 Å². The predicted molar refractivity (Wildman–Crippen MR) is 198 cm³/mol. The van der Waals surface area contributed by atoms with Gasteiger partial charge in [0.25, 0.3) is 0 Å². The van der Waals surface area contributed by atoms with Crippen molar-refractivity contribution in [1.82, 2.24) is 24.5 Å². The van der Waals surface area contributed by atoms with Crippen molar-refractivity contribution in [2.24, 2.45) is 0 Å². The zero-order valence-corrected chi connectivity index (χ0v) is 32.9. The van der Waals surface area contributed by atoms with Crippen LogP contribution in [-0.4, -0.2) is 59.9 Å². The van der Waals surface area contributed by atoms with E-state index in [1.165, 1.54) is 0 Å². The van der Waals surface area contributed by atoms with Gasteiger partial charge in [-0.1, -0.05) is 53.7 Å². The fraction of sp³-hybridized carbons (Fsp3) is 0.514. The van der Waals surface area contributed by atoms with Crippen molar-refractivity contribution >= 4 is 38.9 Å². The van der Waals surface area contributed by atoms with Crippen molar-refractivity contribution in [3.05, 3.63) is 66.1 Å². The number of rotatable bonds is 14. The van der Waals surface area contributed by atoms with Gasteiger partial charge < -0.3 is 18.1 Å². The van der Waals surface area contributed by atoms with Gasteiger partial charge in [-0.05, 0) is 79.6 Å². The Kier molecular flexibility index (Phi) is 11.8. The van der Waals surface area contributed by atoms with E-state index in [2.05, 4.69) is 78.5 Å². The van der Waals surface area contributed by atoms with Gasteiger partial charge in [-0.3, -0.25) is 4.98 Å². The van der Waals surface area contributed by atoms with E-state index < -0.39 is 28.0 Å². The highest BCUT2D eigenvalue weighted by atomic mass is 32.2. The van der Waals surface area contributed by atoms with Crippen molar-refractivity contribution in [1.29, 1.82) is 0 Å². The van der Waals surface area contributed by atoms with Crippen LogP contribution in [0.2, 0.25) is 36.3 Å². The molecule has 1 aromatic carbocycles. The van der Waals surface area contributed by atoms with Gasteiger partial charge in [-0.15, -0.1) is 4.72 Å². The van der Waals surface area contributed by atoms with Crippen molar-refractivity contribution in [3.63, 3.8) is 0 Å². The number of fused-ring (bicyclic) bond motifs is 1. The Hall–Kier alpha value is -2.59. The van der Waals surface area contributed by atoms with Gasteiger partial charge in [-0.25, -0.2) is 9.67 Å². The van der Waals surface area contributed by atoms with Crippen LogP contribution >= 0.6 is 0 Å². The zero-order chi connectivity index (χ0) is 34.6. The Balaban J connectivity index is 1.69. The van der Waals surface area contributed by atoms with Crippen LogP contribution in [0.5, 0.6) is 5.75 Å². The van der Waals surface area contributed by atoms with Gasteiger partial charge in [0, 0.05) is 16.9 Å². The highest BCUT2D eigenvalue weighted by Gasteiger charge is 2.38. The van der Waals surface area contributed by atoms with Crippen LogP contribution in [0.15, 0.2) is 54.7 Å². The fourth-order valence-electron chi connectivity index (χ4n) is 4.34. The normalized spacial score (nSPS) is 13.7. The van der Waals surface area contributed by atoms with Gasteiger partial charge in [0.15, 0.2) is 22.5 Å². The maximum Gasteiger partial charge on any atom is 0.192 e. The van der Waals surface area contributed by atoms with Crippen LogP contribution in [0.4, 0.5) is 0 Å². The first kappa shape index (κ1) is 37.2. The number of hydrogen-bond acceptors (Lipinski definition) is 8. The summed E-state index contributed by atoms with van der Waals surface area (Å²) in [5.74, 6) is 1.95. The quantitative estimate of drug-likeness (QED) is 0.0800. The molecule has 0 aliphatic heterocycles. The summed E-state index contributed by atoms with van der Waals surface area (Å²) in [5.41, 5.74) is 4.19. The highest BCUT2D eigenvalue weighted by molar-refractivity contribution is 7.89. The highest BCUT2D eigenvalue weighted by Crippen LogP contribution is 2.38. The van der Waals surface area contributed by atoms with Crippen LogP contribution in [0, 0.1) is 0 Å². The van der Waals surface area contributed by atoms with E-state index in [1.807, 2.05) is 60.3 Å². The van der Waals surface area contributed by atoms with Crippen LogP contribution in [0.25, 0.3) is 28.0 Å². The smallest absolute Gasteiger partial charge is 0.192 e. The van der Waals surface area contributed by atoms with E-state index in [4.69, 9.17) is 28.7 Å². The molecule has 0 spiro atoms. The van der Waals surface area contributed by atoms with E-state index >= 15 is 0 Å². The number of pyridine rings is 2. The fourth-order valence-corrected chi connectivity index (χ4v) is 6.82. The minimum atomic E-state index is -1.94. The molecule has 0 saturated carbocycles. The molecule has 3 aromatic heterocycles. The summed E-state index contributed by atoms with van der Waals surface area (Å²) in [4.78, 5) is 9.85. The Bertz CT molecular complexity index is 1650. The number of benzene rings is 1. The topological polar surface area (TPSA) is 106 Å². The summed E-state index contributed by atoms with van der Waals surface area (Å²) in [5, 5.41) is 5.89. The van der Waals surface area contributed by atoms with Crippen molar-refractivity contribution in [2.45, 2.75) is 97.9 Å². The first-order valence-corrected chi connectivity index (χ1v) is 23.5. The summed E-state index contributed by atoms with van der Waals surface area (Å²) in [6.07, 6.45) is 1.83. The van der Waals surface area contributed by atoms with Gasteiger partial charge in [0.2, 0.25) is 0 Å². The predicted octanol–water partition coefficient (Wildman–Crippen LogP) is 8.18. The number of aromatic nitrogens is 4. The molecule has 0 radical (unpaired) electrons. The summed E-state index contributed by atoms with van der Waals surface area (Å²) in [6.45, 7) is 26.1. The maximum atomic E-state index is 12.0. The summed E-state index contributed by atoms with van der Waals surface area (Å²) < 4.78 is 36.2. The second-order valence-electron chi connectivity index (χ2n) is 14.9. The molecule has 256 valence electrons. The van der Waals surface area contributed by atoms with Crippen LogP contribution in [-0.2, 0) is 33.4 Å². The summed E-state index contributed by atoms with van der Waals surface area (Å²) in [7, 11) is -3.85. The molecule has 4 rings (SSSR count). The van der Waals surface area contributed by atoms with E-state index in [1.54, 1.807) is 0 Å². The van der Waals surface area contributed by atoms with Crippen molar-refractivity contribution in [2.75, 3.05) is 19.0 Å². The van der Waals surface area contributed by atoms with E-state index in [-0.39, 0.29) is 10.1 Å². The van der Waals surface area contributed by atoms with E-state index in [9.17, 15) is 4.55 Å². The average Bonchev–Trinajstić information content (AvgIpc) is 3.44. The van der Waals surface area contributed by atoms with Crippen LogP contribution in [0.3, 0.4) is 0 Å². The monoisotopic (exact) mass is 695 g/mol. The third-order valence-corrected chi connectivity index (χ3v) is 19.4. The first-order chi connectivity index (χ1) is 21.9. The largest absolute Gasteiger partial charge is 0.598 e.